The lowest BCUT2D eigenvalue weighted by Crippen LogP contribution is -2.37. The molecule has 2 aromatic rings. The number of morpholine rings is 1. The molecule has 5 rings (SSSR count). The number of ether oxygens (including phenoxy) is 1. The van der Waals surface area contributed by atoms with Crippen LogP contribution in [0.2, 0.25) is 0 Å². The van der Waals surface area contributed by atoms with Crippen LogP contribution in [-0.2, 0) is 4.74 Å². The maximum absolute atomic E-state index is 9.94. The Morgan fingerprint density at radius 2 is 1.97 bits per heavy atom. The van der Waals surface area contributed by atoms with E-state index in [0.29, 0.717) is 42.5 Å². The summed E-state index contributed by atoms with van der Waals surface area (Å²) in [4.78, 5) is 15.9. The lowest BCUT2D eigenvalue weighted by molar-refractivity contribution is 0.122. The van der Waals surface area contributed by atoms with E-state index in [-0.39, 0.29) is 0 Å². The Morgan fingerprint density at radius 1 is 1.17 bits per heavy atom. The molecule has 152 valence electrons. The smallest absolute Gasteiger partial charge is 0.230 e. The van der Waals surface area contributed by atoms with Gasteiger partial charge in [0, 0.05) is 24.5 Å². The van der Waals surface area contributed by atoms with Crippen LogP contribution in [0.25, 0.3) is 11.3 Å². The summed E-state index contributed by atoms with van der Waals surface area (Å²) in [6.45, 7) is 2.72. The predicted octanol–water partition coefficient (Wildman–Crippen LogP) is 2.81. The van der Waals surface area contributed by atoms with Crippen LogP contribution in [0.1, 0.15) is 24.2 Å². The van der Waals surface area contributed by atoms with Gasteiger partial charge in [-0.2, -0.15) is 20.2 Å². The second-order valence-corrected chi connectivity index (χ2v) is 8.14. The molecule has 1 saturated carbocycles. The van der Waals surface area contributed by atoms with Crippen molar-refractivity contribution in [3.8, 4) is 6.07 Å². The van der Waals surface area contributed by atoms with Gasteiger partial charge in [0.15, 0.2) is 5.82 Å². The van der Waals surface area contributed by atoms with Crippen molar-refractivity contribution in [2.24, 2.45) is 0 Å². The third kappa shape index (κ3) is 4.10. The third-order valence-electron chi connectivity index (χ3n) is 5.02. The van der Waals surface area contributed by atoms with E-state index in [2.05, 4.69) is 36.6 Å². The molecule has 0 atom stereocenters. The first-order chi connectivity index (χ1) is 14.8. The van der Waals surface area contributed by atoms with Gasteiger partial charge in [-0.1, -0.05) is 42.1 Å². The van der Waals surface area contributed by atoms with Crippen molar-refractivity contribution in [3.05, 3.63) is 52.2 Å². The quantitative estimate of drug-likeness (QED) is 0.709. The molecule has 0 radical (unpaired) electrons. The summed E-state index contributed by atoms with van der Waals surface area (Å²) in [5.41, 5.74) is 2.44. The van der Waals surface area contributed by atoms with E-state index >= 15 is 0 Å². The molecule has 2 aliphatic heterocycles. The predicted molar refractivity (Wildman–Crippen MR) is 117 cm³/mol. The molecule has 9 heteroatoms. The molecule has 1 aromatic carbocycles. The zero-order valence-electron chi connectivity index (χ0n) is 16.3. The minimum atomic E-state index is 0.384. The second-order valence-electron chi connectivity index (χ2n) is 7.26. The first kappa shape index (κ1) is 18.9. The van der Waals surface area contributed by atoms with Crippen LogP contribution in [-0.4, -0.2) is 47.3 Å². The van der Waals surface area contributed by atoms with Crippen molar-refractivity contribution in [2.75, 3.05) is 36.5 Å². The molecule has 0 bridgehead atoms. The Morgan fingerprint density at radius 3 is 2.70 bits per heavy atom. The number of hydrogen-bond donors (Lipinski definition) is 2. The van der Waals surface area contributed by atoms with Gasteiger partial charge in [-0.05, 0) is 18.4 Å². The van der Waals surface area contributed by atoms with Crippen LogP contribution >= 0.6 is 11.8 Å². The monoisotopic (exact) mass is 419 g/mol. The van der Waals surface area contributed by atoms with Gasteiger partial charge < -0.3 is 20.3 Å². The zero-order chi connectivity index (χ0) is 20.3. The van der Waals surface area contributed by atoms with Crippen molar-refractivity contribution < 1.29 is 4.74 Å². The van der Waals surface area contributed by atoms with E-state index < -0.39 is 0 Å². The molecule has 0 spiro atoms. The van der Waals surface area contributed by atoms with Gasteiger partial charge in [-0.25, -0.2) is 0 Å². The molecule has 2 fully saturated rings. The molecule has 3 aliphatic rings. The summed E-state index contributed by atoms with van der Waals surface area (Å²) in [5, 5.41) is 19.4. The fourth-order valence-electron chi connectivity index (χ4n) is 3.24. The van der Waals surface area contributed by atoms with Crippen molar-refractivity contribution in [1.29, 1.82) is 5.26 Å². The number of hydrogen-bond acceptors (Lipinski definition) is 9. The normalized spacial score (nSPS) is 20.2. The summed E-state index contributed by atoms with van der Waals surface area (Å²) < 4.78 is 5.45. The fourth-order valence-corrected chi connectivity index (χ4v) is 4.09. The topological polar surface area (TPSA) is 99.0 Å². The first-order valence-corrected chi connectivity index (χ1v) is 10.9. The van der Waals surface area contributed by atoms with Gasteiger partial charge in [-0.15, -0.1) is 0 Å². The van der Waals surface area contributed by atoms with E-state index in [4.69, 9.17) is 4.74 Å². The minimum Gasteiger partial charge on any atom is -0.378 e. The van der Waals surface area contributed by atoms with Crippen molar-refractivity contribution in [1.82, 2.24) is 20.3 Å². The number of aromatic nitrogens is 3. The lowest BCUT2D eigenvalue weighted by atomic mass is 10.2. The molecular formula is C21H21N7OS. The summed E-state index contributed by atoms with van der Waals surface area (Å²) in [5.74, 6) is 1.49. The van der Waals surface area contributed by atoms with E-state index in [1.807, 2.05) is 35.7 Å². The highest BCUT2D eigenvalue weighted by Crippen LogP contribution is 2.35. The molecule has 3 heterocycles. The molecule has 1 saturated heterocycles. The SMILES string of the molecule is N#C/C(=C1\NC(c2ccccc2)=CS1)c1nc(NC2CC2)nc(N2CCOCC2)n1. The standard InChI is InChI=1S/C21H21N7OS/c22-12-16(19-24-17(13-30-19)14-4-2-1-3-5-14)18-25-20(23-15-6-7-15)27-21(26-18)28-8-10-29-11-9-28/h1-5,13,15,24H,6-11H2,(H,23,25,26,27)/b19-16-. The highest BCUT2D eigenvalue weighted by molar-refractivity contribution is 8.06. The number of benzene rings is 1. The van der Waals surface area contributed by atoms with E-state index in [1.54, 1.807) is 0 Å². The van der Waals surface area contributed by atoms with E-state index in [9.17, 15) is 5.26 Å². The second kappa shape index (κ2) is 8.34. The number of rotatable bonds is 5. The summed E-state index contributed by atoms with van der Waals surface area (Å²) in [6.07, 6.45) is 2.23. The van der Waals surface area contributed by atoms with Crippen LogP contribution < -0.4 is 15.5 Å². The molecule has 1 aromatic heterocycles. The molecule has 2 N–H and O–H groups in total. The van der Waals surface area contributed by atoms with Gasteiger partial charge in [0.25, 0.3) is 0 Å². The minimum absolute atomic E-state index is 0.384. The van der Waals surface area contributed by atoms with Crippen molar-refractivity contribution >= 4 is 34.9 Å². The summed E-state index contributed by atoms with van der Waals surface area (Å²) >= 11 is 1.48. The van der Waals surface area contributed by atoms with Gasteiger partial charge in [0.1, 0.15) is 11.6 Å². The largest absolute Gasteiger partial charge is 0.378 e. The first-order valence-electron chi connectivity index (χ1n) is 9.99. The Balaban J connectivity index is 1.48. The maximum atomic E-state index is 9.94. The van der Waals surface area contributed by atoms with Crippen molar-refractivity contribution in [2.45, 2.75) is 18.9 Å². The summed E-state index contributed by atoms with van der Waals surface area (Å²) in [6, 6.07) is 12.7. The number of nitrogens with one attached hydrogen (secondary N) is 2. The van der Waals surface area contributed by atoms with Crippen LogP contribution in [0.3, 0.4) is 0 Å². The Kier molecular flexibility index (Phi) is 5.26. The Bertz CT molecular complexity index is 1040. The van der Waals surface area contributed by atoms with Crippen molar-refractivity contribution in [3.63, 3.8) is 0 Å². The van der Waals surface area contributed by atoms with Crippen LogP contribution in [0.5, 0.6) is 0 Å². The Labute approximate surface area is 179 Å². The highest BCUT2D eigenvalue weighted by atomic mass is 32.2. The zero-order valence-corrected chi connectivity index (χ0v) is 17.2. The number of thioether (sulfide) groups is 1. The van der Waals surface area contributed by atoms with E-state index in [1.165, 1.54) is 11.8 Å². The van der Waals surface area contributed by atoms with Crippen LogP contribution in [0.4, 0.5) is 11.9 Å². The van der Waals surface area contributed by atoms with E-state index in [0.717, 1.165) is 42.2 Å². The molecule has 0 unspecified atom stereocenters. The van der Waals surface area contributed by atoms with Crippen LogP contribution in [0.15, 0.2) is 40.8 Å². The average molecular weight is 420 g/mol. The third-order valence-corrected chi connectivity index (χ3v) is 5.91. The molecule has 30 heavy (non-hydrogen) atoms. The van der Waals surface area contributed by atoms with Gasteiger partial charge >= 0.3 is 0 Å². The maximum Gasteiger partial charge on any atom is 0.230 e. The number of nitrogens with zero attached hydrogens (tertiary/aromatic N) is 5. The average Bonchev–Trinajstić information content (AvgIpc) is 3.48. The van der Waals surface area contributed by atoms with Crippen LogP contribution in [0, 0.1) is 11.3 Å². The van der Waals surface area contributed by atoms with Gasteiger partial charge in [0.2, 0.25) is 11.9 Å². The molecule has 1 aliphatic carbocycles. The number of nitriles is 1. The van der Waals surface area contributed by atoms with Gasteiger partial charge in [0.05, 0.1) is 23.9 Å². The highest BCUT2D eigenvalue weighted by Gasteiger charge is 2.26. The Hall–Kier alpha value is -3.09. The molecular weight excluding hydrogens is 398 g/mol. The number of anilines is 2. The summed E-state index contributed by atoms with van der Waals surface area (Å²) in [7, 11) is 0. The number of allylic oxidation sites excluding steroid dienone is 1. The lowest BCUT2D eigenvalue weighted by Gasteiger charge is -2.27. The fraction of sp³-hybridized carbons (Fsp3) is 0.333. The molecule has 8 nitrogen and oxygen atoms in total. The van der Waals surface area contributed by atoms with Gasteiger partial charge in [-0.3, -0.25) is 0 Å². The molecule has 0 amide bonds.